The molecule has 4 nitrogen and oxygen atoms in total. The van der Waals surface area contributed by atoms with E-state index in [9.17, 15) is 0 Å². The Morgan fingerprint density at radius 3 is 2.81 bits per heavy atom. The van der Waals surface area contributed by atoms with Crippen LogP contribution in [0, 0.1) is 0 Å². The average Bonchev–Trinajstić information content (AvgIpc) is 2.47. The van der Waals surface area contributed by atoms with Crippen molar-refractivity contribution in [1.29, 1.82) is 0 Å². The molecule has 1 aromatic carbocycles. The third kappa shape index (κ3) is 4.36. The van der Waals surface area contributed by atoms with Gasteiger partial charge in [0.2, 0.25) is 5.88 Å². The standard InChI is InChI=1S/C16H19BrN2O2/c1-11(2)21-16-15(5-4-8-18-16)19-10-12-9-13(20-3)6-7-14(12)17/h4-9,11,19H,10H2,1-3H3. The smallest absolute Gasteiger partial charge is 0.237 e. The Labute approximate surface area is 133 Å². The monoisotopic (exact) mass is 350 g/mol. The van der Waals surface area contributed by atoms with Gasteiger partial charge in [-0.05, 0) is 49.7 Å². The van der Waals surface area contributed by atoms with Crippen LogP contribution in [-0.2, 0) is 6.54 Å². The van der Waals surface area contributed by atoms with Crippen molar-refractivity contribution in [2.24, 2.45) is 0 Å². The Hall–Kier alpha value is -1.75. The largest absolute Gasteiger partial charge is 0.497 e. The van der Waals surface area contributed by atoms with E-state index in [2.05, 4.69) is 26.2 Å². The molecule has 1 aromatic heterocycles. The molecule has 0 unspecified atom stereocenters. The third-order valence-electron chi connectivity index (χ3n) is 2.84. The van der Waals surface area contributed by atoms with E-state index in [-0.39, 0.29) is 6.10 Å². The summed E-state index contributed by atoms with van der Waals surface area (Å²) in [6, 6.07) is 9.74. The van der Waals surface area contributed by atoms with Crippen molar-refractivity contribution in [3.05, 3.63) is 46.6 Å². The molecule has 0 atom stereocenters. The minimum Gasteiger partial charge on any atom is -0.497 e. The van der Waals surface area contributed by atoms with Crippen molar-refractivity contribution in [3.63, 3.8) is 0 Å². The molecule has 0 spiro atoms. The van der Waals surface area contributed by atoms with Gasteiger partial charge in [-0.25, -0.2) is 4.98 Å². The summed E-state index contributed by atoms with van der Waals surface area (Å²) in [7, 11) is 1.66. The number of nitrogens with zero attached hydrogens (tertiary/aromatic N) is 1. The second-order valence-electron chi connectivity index (χ2n) is 4.83. The SMILES string of the molecule is COc1ccc(Br)c(CNc2cccnc2OC(C)C)c1. The van der Waals surface area contributed by atoms with Crippen molar-refractivity contribution in [2.45, 2.75) is 26.5 Å². The molecule has 0 aliphatic rings. The molecule has 0 saturated carbocycles. The van der Waals surface area contributed by atoms with Crippen LogP contribution in [0.25, 0.3) is 0 Å². The first-order chi connectivity index (χ1) is 10.1. The van der Waals surface area contributed by atoms with Crippen molar-refractivity contribution < 1.29 is 9.47 Å². The fourth-order valence-electron chi connectivity index (χ4n) is 1.85. The van der Waals surface area contributed by atoms with E-state index < -0.39 is 0 Å². The molecule has 2 rings (SSSR count). The lowest BCUT2D eigenvalue weighted by Gasteiger charge is -2.15. The molecule has 0 radical (unpaired) electrons. The normalized spacial score (nSPS) is 10.5. The molecular weight excluding hydrogens is 332 g/mol. The molecule has 5 heteroatoms. The highest BCUT2D eigenvalue weighted by molar-refractivity contribution is 9.10. The molecule has 0 aliphatic carbocycles. The quantitative estimate of drug-likeness (QED) is 0.845. The molecule has 1 heterocycles. The number of anilines is 1. The maximum absolute atomic E-state index is 5.70. The second-order valence-corrected chi connectivity index (χ2v) is 5.69. The van der Waals surface area contributed by atoms with Crippen molar-refractivity contribution in [3.8, 4) is 11.6 Å². The first kappa shape index (κ1) is 15.6. The zero-order valence-electron chi connectivity index (χ0n) is 12.4. The molecule has 0 amide bonds. The van der Waals surface area contributed by atoms with E-state index in [0.29, 0.717) is 12.4 Å². The lowest BCUT2D eigenvalue weighted by molar-refractivity contribution is 0.234. The number of aromatic nitrogens is 1. The fraction of sp³-hybridized carbons (Fsp3) is 0.312. The average molecular weight is 351 g/mol. The van der Waals surface area contributed by atoms with Crippen molar-refractivity contribution in [1.82, 2.24) is 4.98 Å². The molecule has 112 valence electrons. The molecule has 21 heavy (non-hydrogen) atoms. The molecule has 0 fully saturated rings. The Bertz CT molecular complexity index is 603. The number of methoxy groups -OCH3 is 1. The van der Waals surface area contributed by atoms with Crippen LogP contribution in [0.15, 0.2) is 41.0 Å². The molecule has 1 N–H and O–H groups in total. The lowest BCUT2D eigenvalue weighted by atomic mass is 10.2. The number of hydrogen-bond donors (Lipinski definition) is 1. The van der Waals surface area contributed by atoms with Gasteiger partial charge in [0.15, 0.2) is 0 Å². The number of halogens is 1. The number of pyridine rings is 1. The zero-order chi connectivity index (χ0) is 15.2. The van der Waals surface area contributed by atoms with Crippen LogP contribution in [0.2, 0.25) is 0 Å². The summed E-state index contributed by atoms with van der Waals surface area (Å²) in [5.41, 5.74) is 1.98. The van der Waals surface area contributed by atoms with Crippen LogP contribution in [-0.4, -0.2) is 18.2 Å². The van der Waals surface area contributed by atoms with Crippen LogP contribution in [0.4, 0.5) is 5.69 Å². The molecular formula is C16H19BrN2O2. The number of rotatable bonds is 6. The van der Waals surface area contributed by atoms with Crippen LogP contribution < -0.4 is 14.8 Å². The summed E-state index contributed by atoms with van der Waals surface area (Å²) in [4.78, 5) is 4.27. The molecule has 0 saturated heterocycles. The van der Waals surface area contributed by atoms with Gasteiger partial charge in [-0.2, -0.15) is 0 Å². The van der Waals surface area contributed by atoms with E-state index in [1.54, 1.807) is 13.3 Å². The van der Waals surface area contributed by atoms with Gasteiger partial charge in [0, 0.05) is 17.2 Å². The summed E-state index contributed by atoms with van der Waals surface area (Å²) in [6.07, 6.45) is 1.81. The summed E-state index contributed by atoms with van der Waals surface area (Å²) in [6.45, 7) is 4.62. The number of nitrogens with one attached hydrogen (secondary N) is 1. The first-order valence-electron chi connectivity index (χ1n) is 6.78. The van der Waals surface area contributed by atoms with E-state index >= 15 is 0 Å². The summed E-state index contributed by atoms with van der Waals surface area (Å²) < 4.78 is 12.0. The number of benzene rings is 1. The Kier molecular flexibility index (Phi) is 5.44. The number of hydrogen-bond acceptors (Lipinski definition) is 4. The van der Waals surface area contributed by atoms with Crippen LogP contribution in [0.5, 0.6) is 11.6 Å². The van der Waals surface area contributed by atoms with E-state index in [4.69, 9.17) is 9.47 Å². The molecule has 0 aliphatic heterocycles. The minimum absolute atomic E-state index is 0.0870. The van der Waals surface area contributed by atoms with Gasteiger partial charge >= 0.3 is 0 Å². The van der Waals surface area contributed by atoms with Crippen molar-refractivity contribution in [2.75, 3.05) is 12.4 Å². The maximum atomic E-state index is 5.70. The molecule has 0 bridgehead atoms. The van der Waals surface area contributed by atoms with Gasteiger partial charge in [0.25, 0.3) is 0 Å². The van der Waals surface area contributed by atoms with E-state index in [0.717, 1.165) is 21.5 Å². The number of ether oxygens (including phenoxy) is 2. The second kappa shape index (κ2) is 7.31. The highest BCUT2D eigenvalue weighted by Gasteiger charge is 2.08. The molecule has 2 aromatic rings. The summed E-state index contributed by atoms with van der Waals surface area (Å²) in [5.74, 6) is 1.45. The van der Waals surface area contributed by atoms with Crippen LogP contribution >= 0.6 is 15.9 Å². The highest BCUT2D eigenvalue weighted by Crippen LogP contribution is 2.26. The predicted octanol–water partition coefficient (Wildman–Crippen LogP) is 4.25. The van der Waals surface area contributed by atoms with Crippen molar-refractivity contribution >= 4 is 21.6 Å². The fourth-order valence-corrected chi connectivity index (χ4v) is 2.23. The Balaban J connectivity index is 2.13. The van der Waals surface area contributed by atoms with Gasteiger partial charge in [-0.15, -0.1) is 0 Å². The predicted molar refractivity (Wildman–Crippen MR) is 88.0 cm³/mol. The van der Waals surface area contributed by atoms with Crippen LogP contribution in [0.1, 0.15) is 19.4 Å². The maximum Gasteiger partial charge on any atom is 0.237 e. The third-order valence-corrected chi connectivity index (χ3v) is 3.61. The van der Waals surface area contributed by atoms with Gasteiger partial charge < -0.3 is 14.8 Å². The minimum atomic E-state index is 0.0870. The van der Waals surface area contributed by atoms with E-state index in [1.165, 1.54) is 0 Å². The van der Waals surface area contributed by atoms with Gasteiger partial charge in [-0.1, -0.05) is 15.9 Å². The van der Waals surface area contributed by atoms with Gasteiger partial charge in [0.1, 0.15) is 5.75 Å². The van der Waals surface area contributed by atoms with E-state index in [1.807, 2.05) is 44.2 Å². The topological polar surface area (TPSA) is 43.4 Å². The van der Waals surface area contributed by atoms with Gasteiger partial charge in [0.05, 0.1) is 18.9 Å². The highest BCUT2D eigenvalue weighted by atomic mass is 79.9. The lowest BCUT2D eigenvalue weighted by Crippen LogP contribution is -2.10. The summed E-state index contributed by atoms with van der Waals surface area (Å²) >= 11 is 3.55. The summed E-state index contributed by atoms with van der Waals surface area (Å²) in [5, 5.41) is 3.35. The van der Waals surface area contributed by atoms with Gasteiger partial charge in [-0.3, -0.25) is 0 Å². The van der Waals surface area contributed by atoms with Crippen LogP contribution in [0.3, 0.4) is 0 Å². The first-order valence-corrected chi connectivity index (χ1v) is 7.57. The Morgan fingerprint density at radius 2 is 2.10 bits per heavy atom. The Morgan fingerprint density at radius 1 is 1.29 bits per heavy atom. The zero-order valence-corrected chi connectivity index (χ0v) is 14.0.